The van der Waals surface area contributed by atoms with Crippen LogP contribution in [0.3, 0.4) is 0 Å². The second kappa shape index (κ2) is 7.50. The van der Waals surface area contributed by atoms with E-state index in [0.29, 0.717) is 17.1 Å². The number of carbonyl (C=O) groups is 1. The SMILES string of the molecule is C=CCn1c(C)cc(C(=O)CSc2nc(C)cc(C)c2C#N)c1C. The molecule has 24 heavy (non-hydrogen) atoms. The van der Waals surface area contributed by atoms with Crippen molar-refractivity contribution in [3.63, 3.8) is 0 Å². The molecule has 0 amide bonds. The number of ketones is 1. The van der Waals surface area contributed by atoms with Crippen molar-refractivity contribution in [2.75, 3.05) is 5.75 Å². The van der Waals surface area contributed by atoms with Gasteiger partial charge in [0.2, 0.25) is 0 Å². The number of nitriles is 1. The molecule has 0 fully saturated rings. The molecule has 0 radical (unpaired) electrons. The molecule has 2 heterocycles. The molecule has 0 atom stereocenters. The van der Waals surface area contributed by atoms with Crippen LogP contribution in [0.15, 0.2) is 29.8 Å². The van der Waals surface area contributed by atoms with Crippen molar-refractivity contribution in [2.24, 2.45) is 0 Å². The van der Waals surface area contributed by atoms with Crippen LogP contribution >= 0.6 is 11.8 Å². The molecular weight excluding hydrogens is 318 g/mol. The number of pyridine rings is 1. The summed E-state index contributed by atoms with van der Waals surface area (Å²) in [6.45, 7) is 12.2. The lowest BCUT2D eigenvalue weighted by molar-refractivity contribution is 0.102. The van der Waals surface area contributed by atoms with Crippen molar-refractivity contribution in [1.82, 2.24) is 9.55 Å². The van der Waals surface area contributed by atoms with Gasteiger partial charge in [0, 0.05) is 29.2 Å². The first-order valence-corrected chi connectivity index (χ1v) is 8.69. The largest absolute Gasteiger partial charge is 0.345 e. The molecule has 2 aromatic rings. The Morgan fingerprint density at radius 1 is 1.38 bits per heavy atom. The van der Waals surface area contributed by atoms with E-state index in [1.165, 1.54) is 11.8 Å². The second-order valence-corrected chi connectivity index (χ2v) is 6.73. The first-order valence-electron chi connectivity index (χ1n) is 7.71. The normalized spacial score (nSPS) is 10.5. The van der Waals surface area contributed by atoms with E-state index < -0.39 is 0 Å². The molecule has 0 aliphatic heterocycles. The molecule has 5 heteroatoms. The number of hydrogen-bond donors (Lipinski definition) is 0. The summed E-state index contributed by atoms with van der Waals surface area (Å²) < 4.78 is 2.07. The summed E-state index contributed by atoms with van der Waals surface area (Å²) >= 11 is 1.33. The quantitative estimate of drug-likeness (QED) is 0.451. The molecule has 0 unspecified atom stereocenters. The average molecular weight is 339 g/mol. The molecular formula is C19H21N3OS. The minimum Gasteiger partial charge on any atom is -0.345 e. The molecule has 0 aliphatic carbocycles. The summed E-state index contributed by atoms with van der Waals surface area (Å²) in [5, 5.41) is 9.94. The Balaban J connectivity index is 2.22. The Bertz CT molecular complexity index is 843. The highest BCUT2D eigenvalue weighted by Gasteiger charge is 2.17. The van der Waals surface area contributed by atoms with Gasteiger partial charge in [0.05, 0.1) is 11.3 Å². The molecule has 0 aliphatic rings. The molecule has 0 saturated carbocycles. The van der Waals surface area contributed by atoms with Crippen LogP contribution < -0.4 is 0 Å². The van der Waals surface area contributed by atoms with Crippen molar-refractivity contribution in [1.29, 1.82) is 5.26 Å². The van der Waals surface area contributed by atoms with E-state index in [1.807, 2.05) is 45.9 Å². The van der Waals surface area contributed by atoms with Crippen LogP contribution in [-0.2, 0) is 6.54 Å². The van der Waals surface area contributed by atoms with Gasteiger partial charge >= 0.3 is 0 Å². The third-order valence-corrected chi connectivity index (χ3v) is 4.92. The second-order valence-electron chi connectivity index (χ2n) is 5.77. The van der Waals surface area contributed by atoms with E-state index in [2.05, 4.69) is 22.2 Å². The Kier molecular flexibility index (Phi) is 5.63. The molecule has 4 nitrogen and oxygen atoms in total. The van der Waals surface area contributed by atoms with E-state index in [0.717, 1.165) is 28.2 Å². The summed E-state index contributed by atoms with van der Waals surface area (Å²) in [6.07, 6.45) is 1.82. The number of thioether (sulfide) groups is 1. The fourth-order valence-corrected chi connectivity index (χ4v) is 3.73. The molecule has 0 saturated heterocycles. The molecule has 2 aromatic heterocycles. The summed E-state index contributed by atoms with van der Waals surface area (Å²) in [4.78, 5) is 17.0. The first-order chi connectivity index (χ1) is 11.4. The number of Topliss-reactive ketones (excluding diaryl/α,β-unsaturated/α-hetero) is 1. The van der Waals surface area contributed by atoms with Crippen molar-refractivity contribution in [3.05, 3.63) is 58.6 Å². The smallest absolute Gasteiger partial charge is 0.174 e. The standard InChI is InChI=1S/C19H21N3OS/c1-6-7-22-14(4)9-16(15(22)5)18(23)11-24-19-17(10-20)12(2)8-13(3)21-19/h6,8-9H,1,7,11H2,2-5H3. The first kappa shape index (κ1) is 18.0. The van der Waals surface area contributed by atoms with Gasteiger partial charge in [0.25, 0.3) is 0 Å². The molecule has 0 aromatic carbocycles. The Hall–Kier alpha value is -2.32. The number of nitrogens with zero attached hydrogens (tertiary/aromatic N) is 3. The number of allylic oxidation sites excluding steroid dienone is 1. The van der Waals surface area contributed by atoms with Crippen molar-refractivity contribution >= 4 is 17.5 Å². The zero-order valence-corrected chi connectivity index (χ0v) is 15.3. The molecule has 0 N–H and O–H groups in total. The zero-order valence-electron chi connectivity index (χ0n) is 14.5. The summed E-state index contributed by atoms with van der Waals surface area (Å²) in [5.74, 6) is 0.316. The predicted octanol–water partition coefficient (Wildman–Crippen LogP) is 4.15. The zero-order chi connectivity index (χ0) is 17.9. The van der Waals surface area contributed by atoms with Crippen LogP contribution in [0.1, 0.15) is 38.6 Å². The minimum atomic E-state index is 0.0493. The number of rotatable bonds is 6. The third kappa shape index (κ3) is 3.60. The van der Waals surface area contributed by atoms with Crippen LogP contribution in [-0.4, -0.2) is 21.1 Å². The fourth-order valence-electron chi connectivity index (χ4n) is 2.75. The van der Waals surface area contributed by atoms with Gasteiger partial charge in [-0.2, -0.15) is 5.26 Å². The lowest BCUT2D eigenvalue weighted by Gasteiger charge is -2.08. The van der Waals surface area contributed by atoms with Gasteiger partial charge in [0.15, 0.2) is 5.78 Å². The van der Waals surface area contributed by atoms with E-state index in [9.17, 15) is 10.1 Å². The maximum atomic E-state index is 12.6. The highest BCUT2D eigenvalue weighted by Crippen LogP contribution is 2.25. The van der Waals surface area contributed by atoms with E-state index >= 15 is 0 Å². The van der Waals surface area contributed by atoms with Gasteiger partial charge in [-0.3, -0.25) is 4.79 Å². The Morgan fingerprint density at radius 2 is 2.08 bits per heavy atom. The lowest BCUT2D eigenvalue weighted by atomic mass is 10.1. The maximum absolute atomic E-state index is 12.6. The maximum Gasteiger partial charge on any atom is 0.174 e. The van der Waals surface area contributed by atoms with Gasteiger partial charge in [0.1, 0.15) is 11.1 Å². The van der Waals surface area contributed by atoms with Crippen LogP contribution in [0, 0.1) is 39.0 Å². The van der Waals surface area contributed by atoms with Crippen molar-refractivity contribution in [3.8, 4) is 6.07 Å². The van der Waals surface area contributed by atoms with Gasteiger partial charge in [-0.15, -0.1) is 6.58 Å². The topological polar surface area (TPSA) is 58.7 Å². The summed E-state index contributed by atoms with van der Waals surface area (Å²) in [5.41, 5.74) is 5.02. The highest BCUT2D eigenvalue weighted by molar-refractivity contribution is 8.00. The molecule has 2 rings (SSSR count). The van der Waals surface area contributed by atoms with Gasteiger partial charge in [-0.25, -0.2) is 4.98 Å². The van der Waals surface area contributed by atoms with E-state index in [1.54, 1.807) is 0 Å². The van der Waals surface area contributed by atoms with Crippen LogP contribution in [0.4, 0.5) is 0 Å². The van der Waals surface area contributed by atoms with Gasteiger partial charge < -0.3 is 4.57 Å². The lowest BCUT2D eigenvalue weighted by Crippen LogP contribution is -2.07. The number of aromatic nitrogens is 2. The van der Waals surface area contributed by atoms with Crippen molar-refractivity contribution < 1.29 is 4.79 Å². The molecule has 0 bridgehead atoms. The van der Waals surface area contributed by atoms with Crippen LogP contribution in [0.2, 0.25) is 0 Å². The Labute approximate surface area is 147 Å². The van der Waals surface area contributed by atoms with Crippen LogP contribution in [0.5, 0.6) is 0 Å². The van der Waals surface area contributed by atoms with Gasteiger partial charge in [-0.1, -0.05) is 17.8 Å². The summed E-state index contributed by atoms with van der Waals surface area (Å²) in [7, 11) is 0. The Morgan fingerprint density at radius 3 is 2.71 bits per heavy atom. The number of carbonyl (C=O) groups excluding carboxylic acids is 1. The fraction of sp³-hybridized carbons (Fsp3) is 0.316. The number of hydrogen-bond acceptors (Lipinski definition) is 4. The average Bonchev–Trinajstić information content (AvgIpc) is 2.81. The minimum absolute atomic E-state index is 0.0493. The monoisotopic (exact) mass is 339 g/mol. The van der Waals surface area contributed by atoms with E-state index in [4.69, 9.17) is 0 Å². The molecule has 0 spiro atoms. The van der Waals surface area contributed by atoms with E-state index in [-0.39, 0.29) is 11.5 Å². The predicted molar refractivity (Wildman–Crippen MR) is 97.6 cm³/mol. The summed E-state index contributed by atoms with van der Waals surface area (Å²) in [6, 6.07) is 5.99. The van der Waals surface area contributed by atoms with Crippen molar-refractivity contribution in [2.45, 2.75) is 39.3 Å². The van der Waals surface area contributed by atoms with Gasteiger partial charge in [-0.05, 0) is 45.4 Å². The van der Waals surface area contributed by atoms with Crippen LogP contribution in [0.25, 0.3) is 0 Å². The number of aryl methyl sites for hydroxylation is 3. The molecule has 124 valence electrons. The highest BCUT2D eigenvalue weighted by atomic mass is 32.2. The third-order valence-electron chi connectivity index (χ3n) is 3.95.